The van der Waals surface area contributed by atoms with E-state index in [0.717, 1.165) is 5.56 Å². The molecular weight excluding hydrogens is 366 g/mol. The van der Waals surface area contributed by atoms with Gasteiger partial charge in [0.2, 0.25) is 0 Å². The molecule has 1 aromatic carbocycles. The molecule has 2 rings (SSSR count). The number of nitrogens with zero attached hydrogens (tertiary/aromatic N) is 1. The van der Waals surface area contributed by atoms with Crippen LogP contribution in [0, 0.1) is 6.07 Å². The fourth-order valence-corrected chi connectivity index (χ4v) is 0.839. The molecule has 81 valence electrons. The van der Waals surface area contributed by atoms with Crippen molar-refractivity contribution in [1.82, 2.24) is 4.98 Å². The Morgan fingerprint density at radius 1 is 1.07 bits per heavy atom. The van der Waals surface area contributed by atoms with Crippen LogP contribution >= 0.6 is 0 Å². The zero-order chi connectivity index (χ0) is 10.1. The summed E-state index contributed by atoms with van der Waals surface area (Å²) in [7, 11) is 0. The quantitative estimate of drug-likeness (QED) is 0.771. The molecule has 1 N–H and O–H groups in total. The van der Waals surface area contributed by atoms with Gasteiger partial charge in [-0.1, -0.05) is 6.07 Å². The van der Waals surface area contributed by atoms with Crippen LogP contribution in [0.5, 0.6) is 0 Å². The second-order valence-corrected chi connectivity index (χ2v) is 2.59. The molecule has 1 heterocycles. The molecule has 0 atom stereocenters. The Kier molecular flexibility index (Phi) is 8.88. The van der Waals surface area contributed by atoms with E-state index in [0.29, 0.717) is 0 Å². The van der Waals surface area contributed by atoms with Gasteiger partial charge in [0.25, 0.3) is 0 Å². The van der Waals surface area contributed by atoms with Crippen LogP contribution in [0.25, 0.3) is 0 Å². The molecule has 15 heavy (non-hydrogen) atoms. The van der Waals surface area contributed by atoms with Crippen LogP contribution in [-0.2, 0) is 26.7 Å². The Morgan fingerprint density at radius 3 is 1.93 bits per heavy atom. The zero-order valence-corrected chi connectivity index (χ0v) is 10.5. The third-order valence-corrected chi connectivity index (χ3v) is 1.54. The summed E-state index contributed by atoms with van der Waals surface area (Å²) in [5.41, 5.74) is 0.934. The molecule has 0 bridgehead atoms. The molecule has 0 fully saturated rings. The minimum atomic E-state index is 0. The summed E-state index contributed by atoms with van der Waals surface area (Å²) >= 11 is 0. The van der Waals surface area contributed by atoms with Crippen molar-refractivity contribution >= 4 is 0 Å². The van der Waals surface area contributed by atoms with Crippen molar-refractivity contribution in [3.05, 3.63) is 66.5 Å². The van der Waals surface area contributed by atoms with Crippen molar-refractivity contribution < 1.29 is 25.2 Å². The predicted octanol–water partition coefficient (Wildman–Crippen LogP) is 2.06. The van der Waals surface area contributed by atoms with Gasteiger partial charge in [0.15, 0.2) is 0 Å². The minimum Gasteiger partial charge on any atom is -0.394 e. The third-order valence-electron chi connectivity index (χ3n) is 1.54. The van der Waals surface area contributed by atoms with E-state index in [1.54, 1.807) is 24.5 Å². The molecule has 3 heteroatoms. The van der Waals surface area contributed by atoms with E-state index in [1.807, 2.05) is 30.3 Å². The number of benzene rings is 1. The van der Waals surface area contributed by atoms with E-state index in [2.05, 4.69) is 11.1 Å². The van der Waals surface area contributed by atoms with Crippen molar-refractivity contribution in [3.8, 4) is 0 Å². The van der Waals surface area contributed by atoms with Crippen LogP contribution in [-0.4, -0.2) is 10.1 Å². The fourth-order valence-electron chi connectivity index (χ4n) is 0.839. The molecule has 0 aliphatic carbocycles. The molecule has 0 unspecified atom stereocenters. The van der Waals surface area contributed by atoms with E-state index in [-0.39, 0.29) is 26.7 Å². The van der Waals surface area contributed by atoms with E-state index in [4.69, 9.17) is 5.11 Å². The van der Waals surface area contributed by atoms with Crippen molar-refractivity contribution in [2.45, 2.75) is 6.61 Å². The van der Waals surface area contributed by atoms with Gasteiger partial charge in [0.05, 0.1) is 0 Å². The van der Waals surface area contributed by atoms with Crippen molar-refractivity contribution in [2.24, 2.45) is 0 Å². The van der Waals surface area contributed by atoms with E-state index < -0.39 is 0 Å². The van der Waals surface area contributed by atoms with Crippen LogP contribution in [0.1, 0.15) is 5.56 Å². The van der Waals surface area contributed by atoms with Gasteiger partial charge in [-0.05, 0) is 12.1 Å². The molecule has 2 nitrogen and oxygen atoms in total. The second kappa shape index (κ2) is 9.53. The van der Waals surface area contributed by atoms with Crippen LogP contribution < -0.4 is 0 Å². The van der Waals surface area contributed by atoms with E-state index >= 15 is 0 Å². The maximum Gasteiger partial charge on any atom is 0.0461 e. The largest absolute Gasteiger partial charge is 0.394 e. The first kappa shape index (κ1) is 14.0. The molecule has 2 aromatic rings. The van der Waals surface area contributed by atoms with E-state index in [1.165, 1.54) is 0 Å². The number of hydrogen-bond acceptors (Lipinski definition) is 2. The number of aromatic nitrogens is 1. The van der Waals surface area contributed by atoms with Crippen LogP contribution in [0.4, 0.5) is 0 Å². The van der Waals surface area contributed by atoms with Crippen LogP contribution in [0.2, 0.25) is 0 Å². The van der Waals surface area contributed by atoms with Gasteiger partial charge >= 0.3 is 0 Å². The Bertz CT molecular complexity index is 299. The van der Waals surface area contributed by atoms with Gasteiger partial charge < -0.3 is 5.11 Å². The van der Waals surface area contributed by atoms with Gasteiger partial charge in [-0.15, -0.1) is 5.56 Å². The average Bonchev–Trinajstić information content (AvgIpc) is 2.33. The van der Waals surface area contributed by atoms with Crippen molar-refractivity contribution in [1.29, 1.82) is 0 Å². The van der Waals surface area contributed by atoms with Crippen molar-refractivity contribution in [2.75, 3.05) is 0 Å². The summed E-state index contributed by atoms with van der Waals surface area (Å²) in [6, 6.07) is 15.8. The number of aliphatic hydroxyl groups excluding tert-OH is 1. The summed E-state index contributed by atoms with van der Waals surface area (Å²) in [6.45, 7) is 0.120. The SMILES string of the molecule is OCc1cc[c-]cc1.[Ir].c1ccncc1. The van der Waals surface area contributed by atoms with Crippen molar-refractivity contribution in [3.63, 3.8) is 0 Å². The molecular formula is C12H12IrNO-. The monoisotopic (exact) mass is 379 g/mol. The summed E-state index contributed by atoms with van der Waals surface area (Å²) in [5.74, 6) is 0. The Hall–Kier alpha value is -1.02. The topological polar surface area (TPSA) is 33.1 Å². The first-order valence-electron chi connectivity index (χ1n) is 4.34. The van der Waals surface area contributed by atoms with Crippen LogP contribution in [0.15, 0.2) is 54.9 Å². The fraction of sp³-hybridized carbons (Fsp3) is 0.0833. The van der Waals surface area contributed by atoms with Gasteiger partial charge in [0.1, 0.15) is 0 Å². The number of rotatable bonds is 1. The van der Waals surface area contributed by atoms with Gasteiger partial charge in [-0.2, -0.15) is 30.3 Å². The predicted molar refractivity (Wildman–Crippen MR) is 55.4 cm³/mol. The zero-order valence-electron chi connectivity index (χ0n) is 8.13. The Labute approximate surface area is 103 Å². The molecule has 1 aromatic heterocycles. The molecule has 0 aliphatic rings. The summed E-state index contributed by atoms with van der Waals surface area (Å²) in [5, 5.41) is 8.52. The Morgan fingerprint density at radius 2 is 1.67 bits per heavy atom. The number of hydrogen-bond donors (Lipinski definition) is 1. The number of aliphatic hydroxyl groups is 1. The van der Waals surface area contributed by atoms with Gasteiger partial charge in [-0.3, -0.25) is 4.98 Å². The first-order valence-corrected chi connectivity index (χ1v) is 4.34. The average molecular weight is 378 g/mol. The first-order chi connectivity index (χ1) is 6.93. The maximum absolute atomic E-state index is 8.52. The van der Waals surface area contributed by atoms with Crippen LogP contribution in [0.3, 0.4) is 0 Å². The van der Waals surface area contributed by atoms with Gasteiger partial charge in [-0.25, -0.2) is 0 Å². The molecule has 0 saturated carbocycles. The summed E-state index contributed by atoms with van der Waals surface area (Å²) in [6.07, 6.45) is 3.50. The number of pyridine rings is 1. The molecule has 0 amide bonds. The van der Waals surface area contributed by atoms with Gasteiger partial charge in [0, 0.05) is 39.1 Å². The van der Waals surface area contributed by atoms with E-state index in [9.17, 15) is 0 Å². The standard InChI is InChI=1S/C7H7O.C5H5N.Ir/c8-6-7-4-2-1-3-5-7;1-2-4-6-5-3-1;/h2-5,8H,6H2;1-5H;/q-1;;. The molecule has 0 spiro atoms. The molecule has 1 radical (unpaired) electrons. The maximum atomic E-state index is 8.52. The summed E-state index contributed by atoms with van der Waals surface area (Å²) in [4.78, 5) is 3.78. The summed E-state index contributed by atoms with van der Waals surface area (Å²) < 4.78 is 0. The normalized spacial score (nSPS) is 8.07. The molecule has 0 aliphatic heterocycles. The minimum absolute atomic E-state index is 0. The smallest absolute Gasteiger partial charge is 0.0461 e. The molecule has 0 saturated heterocycles. The third kappa shape index (κ3) is 6.97. The Balaban J connectivity index is 0.000000253. The second-order valence-electron chi connectivity index (χ2n) is 2.59.